The summed E-state index contributed by atoms with van der Waals surface area (Å²) in [7, 11) is 0. The monoisotopic (exact) mass is 335 g/mol. The fourth-order valence-corrected chi connectivity index (χ4v) is 3.29. The van der Waals surface area contributed by atoms with E-state index in [0.29, 0.717) is 24.7 Å². The number of aromatic amines is 1. The maximum atomic E-state index is 12.7. The van der Waals surface area contributed by atoms with E-state index in [1.165, 1.54) is 0 Å². The number of aromatic nitrogens is 2. The lowest BCUT2D eigenvalue weighted by Gasteiger charge is -2.31. The highest BCUT2D eigenvalue weighted by molar-refractivity contribution is 5.98. The number of ether oxygens (including phenoxy) is 1. The summed E-state index contributed by atoms with van der Waals surface area (Å²) in [6, 6.07) is 15.7. The molecule has 5 nitrogen and oxygen atoms in total. The molecule has 0 aliphatic carbocycles. The molecule has 3 aromatic rings. The summed E-state index contributed by atoms with van der Waals surface area (Å²) in [5.74, 6) is 0.726. The SMILES string of the molecule is Cc1cccc(OC2CCN(C(=O)c3cc4ccccc4[nH]3)CC2)n1. The third-order valence-corrected chi connectivity index (χ3v) is 4.64. The number of para-hydroxylation sites is 1. The fraction of sp³-hybridized carbons (Fsp3) is 0.300. The van der Waals surface area contributed by atoms with E-state index in [1.54, 1.807) is 0 Å². The highest BCUT2D eigenvalue weighted by Gasteiger charge is 2.25. The van der Waals surface area contributed by atoms with Crippen LogP contribution in [0.1, 0.15) is 29.0 Å². The number of carbonyl (C=O) groups excluding carboxylic acids is 1. The average molecular weight is 335 g/mol. The molecule has 128 valence electrons. The van der Waals surface area contributed by atoms with Gasteiger partial charge in [0.05, 0.1) is 0 Å². The molecule has 3 heterocycles. The molecule has 5 heteroatoms. The van der Waals surface area contributed by atoms with Crippen molar-refractivity contribution >= 4 is 16.8 Å². The lowest BCUT2D eigenvalue weighted by Crippen LogP contribution is -2.42. The number of piperidine rings is 1. The Morgan fingerprint density at radius 1 is 1.16 bits per heavy atom. The molecule has 1 aliphatic heterocycles. The van der Waals surface area contributed by atoms with Crippen molar-refractivity contribution in [3.8, 4) is 5.88 Å². The molecule has 0 saturated carbocycles. The lowest BCUT2D eigenvalue weighted by molar-refractivity contribution is 0.0583. The number of aryl methyl sites for hydroxylation is 1. The van der Waals surface area contributed by atoms with Crippen LogP contribution in [0.2, 0.25) is 0 Å². The van der Waals surface area contributed by atoms with Gasteiger partial charge in [-0.15, -0.1) is 0 Å². The van der Waals surface area contributed by atoms with Crippen LogP contribution in [0.4, 0.5) is 0 Å². The zero-order valence-electron chi connectivity index (χ0n) is 14.2. The number of H-pyrrole nitrogens is 1. The number of benzene rings is 1. The van der Waals surface area contributed by atoms with E-state index in [-0.39, 0.29) is 12.0 Å². The largest absolute Gasteiger partial charge is 0.474 e. The number of fused-ring (bicyclic) bond motifs is 1. The maximum Gasteiger partial charge on any atom is 0.270 e. The molecular formula is C20H21N3O2. The predicted molar refractivity (Wildman–Crippen MR) is 96.8 cm³/mol. The van der Waals surface area contributed by atoms with Gasteiger partial charge in [0, 0.05) is 48.6 Å². The molecule has 1 N–H and O–H groups in total. The molecule has 4 rings (SSSR count). The third-order valence-electron chi connectivity index (χ3n) is 4.64. The number of nitrogens with zero attached hydrogens (tertiary/aromatic N) is 2. The zero-order chi connectivity index (χ0) is 17.2. The van der Waals surface area contributed by atoms with Crippen LogP contribution in [0.25, 0.3) is 10.9 Å². The van der Waals surface area contributed by atoms with Crippen molar-refractivity contribution in [3.05, 3.63) is 59.9 Å². The normalized spacial score (nSPS) is 15.5. The summed E-state index contributed by atoms with van der Waals surface area (Å²) in [5.41, 5.74) is 2.60. The quantitative estimate of drug-likeness (QED) is 0.796. The first-order valence-corrected chi connectivity index (χ1v) is 8.66. The van der Waals surface area contributed by atoms with Crippen LogP contribution in [0.15, 0.2) is 48.5 Å². The number of amides is 1. The molecule has 0 bridgehead atoms. The van der Waals surface area contributed by atoms with E-state index in [9.17, 15) is 4.79 Å². The van der Waals surface area contributed by atoms with Gasteiger partial charge in [0.25, 0.3) is 5.91 Å². The first kappa shape index (κ1) is 15.7. The molecular weight excluding hydrogens is 314 g/mol. The van der Waals surface area contributed by atoms with Crippen LogP contribution in [-0.2, 0) is 0 Å². The highest BCUT2D eigenvalue weighted by Crippen LogP contribution is 2.21. The first-order chi connectivity index (χ1) is 12.2. The Kier molecular flexibility index (Phi) is 4.14. The Bertz CT molecular complexity index is 862. The van der Waals surface area contributed by atoms with Crippen molar-refractivity contribution < 1.29 is 9.53 Å². The number of hydrogen-bond acceptors (Lipinski definition) is 3. The summed E-state index contributed by atoms with van der Waals surface area (Å²) in [6.45, 7) is 3.35. The number of hydrogen-bond donors (Lipinski definition) is 1. The minimum Gasteiger partial charge on any atom is -0.474 e. The standard InChI is InChI=1S/C20H21N3O2/c1-14-5-4-8-19(21-14)25-16-9-11-23(12-10-16)20(24)18-13-15-6-2-3-7-17(15)22-18/h2-8,13,16,22H,9-12H2,1H3. The minimum absolute atomic E-state index is 0.0586. The molecule has 1 aliphatic rings. The van der Waals surface area contributed by atoms with E-state index in [0.717, 1.165) is 29.4 Å². The summed E-state index contributed by atoms with van der Waals surface area (Å²) in [5, 5.41) is 1.06. The number of rotatable bonds is 3. The second kappa shape index (κ2) is 6.59. The third kappa shape index (κ3) is 3.36. The molecule has 0 atom stereocenters. The van der Waals surface area contributed by atoms with E-state index < -0.39 is 0 Å². The van der Waals surface area contributed by atoms with Crippen LogP contribution in [0, 0.1) is 6.92 Å². The fourth-order valence-electron chi connectivity index (χ4n) is 3.29. The van der Waals surface area contributed by atoms with Gasteiger partial charge >= 0.3 is 0 Å². The van der Waals surface area contributed by atoms with Crippen molar-refractivity contribution in [1.82, 2.24) is 14.9 Å². The van der Waals surface area contributed by atoms with Gasteiger partial charge < -0.3 is 14.6 Å². The molecule has 1 amide bonds. The molecule has 1 aromatic carbocycles. The van der Waals surface area contributed by atoms with Crippen molar-refractivity contribution in [2.75, 3.05) is 13.1 Å². The van der Waals surface area contributed by atoms with Gasteiger partial charge in [-0.05, 0) is 25.1 Å². The zero-order valence-corrected chi connectivity index (χ0v) is 14.2. The van der Waals surface area contributed by atoms with Crippen LogP contribution >= 0.6 is 0 Å². The molecule has 0 spiro atoms. The molecule has 0 unspecified atom stereocenters. The van der Waals surface area contributed by atoms with Crippen molar-refractivity contribution in [2.45, 2.75) is 25.9 Å². The Labute approximate surface area is 146 Å². The molecule has 0 radical (unpaired) electrons. The molecule has 1 fully saturated rings. The van der Waals surface area contributed by atoms with Crippen LogP contribution in [0.3, 0.4) is 0 Å². The number of likely N-dealkylation sites (tertiary alicyclic amines) is 1. The molecule has 25 heavy (non-hydrogen) atoms. The van der Waals surface area contributed by atoms with Crippen LogP contribution in [-0.4, -0.2) is 40.0 Å². The van der Waals surface area contributed by atoms with E-state index >= 15 is 0 Å². The summed E-state index contributed by atoms with van der Waals surface area (Å²) >= 11 is 0. The van der Waals surface area contributed by atoms with Crippen LogP contribution < -0.4 is 4.74 Å². The summed E-state index contributed by atoms with van der Waals surface area (Å²) in [6.07, 6.45) is 1.75. The second-order valence-electron chi connectivity index (χ2n) is 6.50. The summed E-state index contributed by atoms with van der Waals surface area (Å²) < 4.78 is 5.96. The predicted octanol–water partition coefficient (Wildman–Crippen LogP) is 3.55. The smallest absolute Gasteiger partial charge is 0.270 e. The van der Waals surface area contributed by atoms with E-state index in [1.807, 2.05) is 60.4 Å². The van der Waals surface area contributed by atoms with Crippen molar-refractivity contribution in [1.29, 1.82) is 0 Å². The second-order valence-corrected chi connectivity index (χ2v) is 6.50. The van der Waals surface area contributed by atoms with E-state index in [4.69, 9.17) is 4.74 Å². The van der Waals surface area contributed by atoms with Gasteiger partial charge in [-0.2, -0.15) is 0 Å². The first-order valence-electron chi connectivity index (χ1n) is 8.66. The Hall–Kier alpha value is -2.82. The lowest BCUT2D eigenvalue weighted by atomic mass is 10.1. The number of pyridine rings is 1. The summed E-state index contributed by atoms with van der Waals surface area (Å²) in [4.78, 5) is 22.2. The topological polar surface area (TPSA) is 58.2 Å². The van der Waals surface area contributed by atoms with Crippen molar-refractivity contribution in [3.63, 3.8) is 0 Å². The van der Waals surface area contributed by atoms with Crippen molar-refractivity contribution in [2.24, 2.45) is 0 Å². The van der Waals surface area contributed by atoms with Crippen LogP contribution in [0.5, 0.6) is 5.88 Å². The maximum absolute atomic E-state index is 12.7. The number of nitrogens with one attached hydrogen (secondary N) is 1. The molecule has 1 saturated heterocycles. The van der Waals surface area contributed by atoms with Gasteiger partial charge in [-0.1, -0.05) is 24.3 Å². The highest BCUT2D eigenvalue weighted by atomic mass is 16.5. The van der Waals surface area contributed by atoms with Gasteiger partial charge in [0.2, 0.25) is 5.88 Å². The number of carbonyl (C=O) groups is 1. The van der Waals surface area contributed by atoms with Gasteiger partial charge in [-0.25, -0.2) is 4.98 Å². The Balaban J connectivity index is 1.38. The Morgan fingerprint density at radius 2 is 1.96 bits per heavy atom. The Morgan fingerprint density at radius 3 is 2.72 bits per heavy atom. The average Bonchev–Trinajstić information content (AvgIpc) is 3.06. The minimum atomic E-state index is 0.0586. The van der Waals surface area contributed by atoms with Gasteiger partial charge in [0.15, 0.2) is 0 Å². The van der Waals surface area contributed by atoms with Gasteiger partial charge in [-0.3, -0.25) is 4.79 Å². The molecule has 2 aromatic heterocycles. The van der Waals surface area contributed by atoms with E-state index in [2.05, 4.69) is 9.97 Å². The van der Waals surface area contributed by atoms with Gasteiger partial charge in [0.1, 0.15) is 11.8 Å².